The number of thioether (sulfide) groups is 1. The smallest absolute Gasteiger partial charge is 0.307 e. The molecule has 1 saturated heterocycles. The van der Waals surface area contributed by atoms with Crippen molar-refractivity contribution in [3.63, 3.8) is 0 Å². The first-order chi connectivity index (χ1) is 17.6. The maximum Gasteiger partial charge on any atom is 0.416 e. The maximum atomic E-state index is 13.7. The molecule has 37 heavy (non-hydrogen) atoms. The number of aromatic amines is 1. The molecule has 7 atom stereocenters. The molecule has 1 aromatic heterocycles. The number of rotatable bonds is 2. The quantitative estimate of drug-likeness (QED) is 0.438. The summed E-state index contributed by atoms with van der Waals surface area (Å²) in [5.74, 6) is -2.11. The van der Waals surface area contributed by atoms with Gasteiger partial charge in [0.2, 0.25) is 11.8 Å². The number of carbonyl (C=O) groups is 2. The summed E-state index contributed by atoms with van der Waals surface area (Å²) in [6.07, 6.45) is -3.84. The van der Waals surface area contributed by atoms with Crippen LogP contribution in [0.4, 0.5) is 18.9 Å². The highest BCUT2D eigenvalue weighted by Crippen LogP contribution is 2.68. The molecule has 5 nitrogen and oxygen atoms in total. The Bertz CT molecular complexity index is 1530. The van der Waals surface area contributed by atoms with E-state index < -0.39 is 35.4 Å². The Morgan fingerprint density at radius 3 is 2.43 bits per heavy atom. The van der Waals surface area contributed by atoms with Crippen molar-refractivity contribution in [2.75, 3.05) is 4.90 Å². The number of nitrogens with zero attached hydrogens (tertiary/aromatic N) is 1. The minimum absolute atomic E-state index is 0.0202. The van der Waals surface area contributed by atoms with Crippen LogP contribution in [0.15, 0.2) is 58.4 Å². The number of halogens is 3. The average Bonchev–Trinajstić information content (AvgIpc) is 3.58. The topological polar surface area (TPSA) is 70.2 Å². The van der Waals surface area contributed by atoms with E-state index in [1.165, 1.54) is 23.5 Å². The Hall–Kier alpha value is -2.85. The number of amides is 2. The zero-order chi connectivity index (χ0) is 25.8. The number of thiazole rings is 1. The summed E-state index contributed by atoms with van der Waals surface area (Å²) in [5, 5.41) is 0.868. The average molecular weight is 543 g/mol. The zero-order valence-corrected chi connectivity index (χ0v) is 21.1. The third-order valence-corrected chi connectivity index (χ3v) is 11.3. The van der Waals surface area contributed by atoms with Crippen molar-refractivity contribution in [2.45, 2.75) is 35.7 Å². The molecule has 2 aliphatic heterocycles. The van der Waals surface area contributed by atoms with Gasteiger partial charge in [-0.05, 0) is 60.4 Å². The van der Waals surface area contributed by atoms with Crippen molar-refractivity contribution in [3.8, 4) is 0 Å². The van der Waals surface area contributed by atoms with Gasteiger partial charge in [-0.3, -0.25) is 19.3 Å². The van der Waals surface area contributed by atoms with E-state index in [2.05, 4.69) is 11.1 Å². The Morgan fingerprint density at radius 2 is 1.70 bits per heavy atom. The minimum Gasteiger partial charge on any atom is -0.307 e. The maximum absolute atomic E-state index is 13.7. The molecule has 1 N–H and O–H groups in total. The fourth-order valence-corrected chi connectivity index (χ4v) is 10.3. The van der Waals surface area contributed by atoms with Crippen molar-refractivity contribution < 1.29 is 22.8 Å². The number of fused-ring (bicyclic) bond motifs is 9. The lowest BCUT2D eigenvalue weighted by Gasteiger charge is -2.43. The molecule has 2 aromatic carbocycles. The predicted octanol–water partition coefficient (Wildman–Crippen LogP) is 5.44. The van der Waals surface area contributed by atoms with E-state index in [-0.39, 0.29) is 39.5 Å². The number of H-pyrrole nitrogens is 1. The molecule has 4 aliphatic rings. The number of aromatic nitrogens is 1. The molecule has 2 aliphatic carbocycles. The second-order valence-electron chi connectivity index (χ2n) is 10.4. The monoisotopic (exact) mass is 542 g/mol. The third kappa shape index (κ3) is 3.21. The highest BCUT2D eigenvalue weighted by Gasteiger charge is 2.69. The fraction of sp³-hybridized carbons (Fsp3) is 0.370. The van der Waals surface area contributed by atoms with Crippen LogP contribution in [0.2, 0.25) is 0 Å². The van der Waals surface area contributed by atoms with Gasteiger partial charge in [-0.25, -0.2) is 0 Å². The molecule has 2 saturated carbocycles. The lowest BCUT2D eigenvalue weighted by molar-refractivity contribution is -0.137. The molecule has 0 spiro atoms. The SMILES string of the molecule is Cc1ccccc1[C@H]1c2sc(=O)[nH]c2S[C@@H]2[C@H]3C[C@@H]([C@@H]4C(=O)N(c5cccc(C(F)(F)F)c5)C(=O)[C@@H]34)[C@@H]12. The number of benzene rings is 2. The number of hydrogen-bond donors (Lipinski definition) is 1. The van der Waals surface area contributed by atoms with E-state index in [9.17, 15) is 27.6 Å². The van der Waals surface area contributed by atoms with Crippen molar-refractivity contribution >= 4 is 40.6 Å². The molecule has 3 fully saturated rings. The van der Waals surface area contributed by atoms with E-state index >= 15 is 0 Å². The van der Waals surface area contributed by atoms with E-state index in [0.717, 1.165) is 44.5 Å². The summed E-state index contributed by atoms with van der Waals surface area (Å²) in [6, 6.07) is 12.5. The van der Waals surface area contributed by atoms with Crippen LogP contribution in [0.3, 0.4) is 0 Å². The Balaban J connectivity index is 1.31. The van der Waals surface area contributed by atoms with Gasteiger partial charge in [-0.1, -0.05) is 41.7 Å². The summed E-state index contributed by atoms with van der Waals surface area (Å²) < 4.78 is 40.1. The molecule has 3 heterocycles. The van der Waals surface area contributed by atoms with Gasteiger partial charge in [0.1, 0.15) is 0 Å². The number of anilines is 1. The highest BCUT2D eigenvalue weighted by molar-refractivity contribution is 8.00. The number of aryl methyl sites for hydroxylation is 1. The molecule has 7 rings (SSSR count). The van der Waals surface area contributed by atoms with Crippen LogP contribution in [0.5, 0.6) is 0 Å². The van der Waals surface area contributed by atoms with Gasteiger partial charge in [-0.2, -0.15) is 13.2 Å². The molecule has 2 bridgehead atoms. The largest absolute Gasteiger partial charge is 0.416 e. The molecule has 10 heteroatoms. The summed E-state index contributed by atoms with van der Waals surface area (Å²) in [4.78, 5) is 44.6. The van der Waals surface area contributed by atoms with Crippen molar-refractivity contribution in [1.29, 1.82) is 0 Å². The summed E-state index contributed by atoms with van der Waals surface area (Å²) >= 11 is 2.80. The van der Waals surface area contributed by atoms with Crippen LogP contribution in [-0.2, 0) is 15.8 Å². The first-order valence-corrected chi connectivity index (χ1v) is 13.8. The predicted molar refractivity (Wildman–Crippen MR) is 134 cm³/mol. The van der Waals surface area contributed by atoms with Crippen LogP contribution in [0.25, 0.3) is 0 Å². The molecule has 190 valence electrons. The third-order valence-electron chi connectivity index (χ3n) is 8.68. The number of nitrogens with one attached hydrogen (secondary N) is 1. The van der Waals surface area contributed by atoms with E-state index in [0.29, 0.717) is 0 Å². The molecular weight excluding hydrogens is 521 g/mol. The molecule has 3 aromatic rings. The highest BCUT2D eigenvalue weighted by atomic mass is 32.2. The zero-order valence-electron chi connectivity index (χ0n) is 19.5. The van der Waals surface area contributed by atoms with Gasteiger partial charge in [0.25, 0.3) is 0 Å². The molecule has 2 amide bonds. The standard InChI is InChI=1S/C27H21F3N2O3S2/c1-11-5-2-3-8-14(11)17-18-15-10-16(21(18)36-23-22(17)37-26(35)31-23)20-19(15)24(33)32(25(20)34)13-7-4-6-12(9-13)27(28,29)30/h2-9,15-21H,10H2,1H3,(H,31,35)/t15-,16+,17-,18+,19+,20+,21-/m1/s1. The normalized spacial score (nSPS) is 32.0. The van der Waals surface area contributed by atoms with Crippen LogP contribution < -0.4 is 9.77 Å². The van der Waals surface area contributed by atoms with Gasteiger partial charge < -0.3 is 4.98 Å². The van der Waals surface area contributed by atoms with Gasteiger partial charge in [0, 0.05) is 16.0 Å². The number of carbonyl (C=O) groups excluding carboxylic acids is 2. The van der Waals surface area contributed by atoms with Gasteiger partial charge >= 0.3 is 11.0 Å². The van der Waals surface area contributed by atoms with Gasteiger partial charge in [0.15, 0.2) is 0 Å². The Kier molecular flexibility index (Phi) is 4.93. The van der Waals surface area contributed by atoms with Crippen LogP contribution in [0, 0.1) is 36.5 Å². The van der Waals surface area contributed by atoms with Gasteiger partial charge in [-0.15, -0.1) is 11.8 Å². The van der Waals surface area contributed by atoms with Crippen molar-refractivity contribution in [1.82, 2.24) is 4.98 Å². The lowest BCUT2D eigenvalue weighted by Crippen LogP contribution is -2.42. The second kappa shape index (κ2) is 7.83. The minimum atomic E-state index is -4.57. The van der Waals surface area contributed by atoms with E-state index in [4.69, 9.17) is 0 Å². The molecule has 0 unspecified atom stereocenters. The Morgan fingerprint density at radius 1 is 0.973 bits per heavy atom. The summed E-state index contributed by atoms with van der Waals surface area (Å²) in [6.45, 7) is 2.04. The first-order valence-electron chi connectivity index (χ1n) is 12.2. The van der Waals surface area contributed by atoms with E-state index in [1.807, 2.05) is 25.1 Å². The van der Waals surface area contributed by atoms with Crippen LogP contribution in [0.1, 0.15) is 33.9 Å². The van der Waals surface area contributed by atoms with Crippen LogP contribution in [-0.4, -0.2) is 22.0 Å². The molecule has 0 radical (unpaired) electrons. The number of hydrogen-bond acceptors (Lipinski definition) is 5. The number of imide groups is 1. The number of alkyl halides is 3. The lowest BCUT2D eigenvalue weighted by atomic mass is 9.67. The van der Waals surface area contributed by atoms with E-state index in [1.54, 1.807) is 11.8 Å². The molecular formula is C27H21F3N2O3S2. The second-order valence-corrected chi connectivity index (χ2v) is 12.6. The fourth-order valence-electron chi connectivity index (χ4n) is 7.38. The van der Waals surface area contributed by atoms with Crippen molar-refractivity contribution in [3.05, 3.63) is 79.8 Å². The Labute approximate surface area is 218 Å². The van der Waals surface area contributed by atoms with Gasteiger partial charge in [0.05, 0.1) is 28.1 Å². The van der Waals surface area contributed by atoms with Crippen molar-refractivity contribution in [2.24, 2.45) is 29.6 Å². The summed E-state index contributed by atoms with van der Waals surface area (Å²) in [5.41, 5.74) is 1.31. The first kappa shape index (κ1) is 23.3. The summed E-state index contributed by atoms with van der Waals surface area (Å²) in [7, 11) is 0. The van der Waals surface area contributed by atoms with Crippen LogP contribution >= 0.6 is 23.1 Å².